The number of halogens is 1. The third-order valence-electron chi connectivity index (χ3n) is 2.81. The van der Waals surface area contributed by atoms with E-state index in [0.29, 0.717) is 16.8 Å². The van der Waals surface area contributed by atoms with Crippen LogP contribution in [0.15, 0.2) is 45.8 Å². The first kappa shape index (κ1) is 13.0. The average Bonchev–Trinajstić information content (AvgIpc) is 2.40. The van der Waals surface area contributed by atoms with Gasteiger partial charge in [-0.2, -0.15) is 0 Å². The van der Waals surface area contributed by atoms with Gasteiger partial charge in [-0.15, -0.1) is 0 Å². The summed E-state index contributed by atoms with van der Waals surface area (Å²) in [5.41, 5.74) is 7.01. The Morgan fingerprint density at radius 3 is 2.72 bits per heavy atom. The van der Waals surface area contributed by atoms with E-state index in [0.717, 1.165) is 5.56 Å². The van der Waals surface area contributed by atoms with Crippen LogP contribution in [0.2, 0.25) is 0 Å². The number of aryl methyl sites for hydroxylation is 1. The fourth-order valence-corrected chi connectivity index (χ4v) is 2.08. The highest BCUT2D eigenvalue weighted by atomic mass is 79.9. The van der Waals surface area contributed by atoms with E-state index in [-0.39, 0.29) is 11.6 Å². The van der Waals surface area contributed by atoms with Crippen LogP contribution in [-0.4, -0.2) is 9.55 Å². The standard InChI is InChI=1S/C13H14BrN3O/c1-9-16-7-11(14)13(18)17(9)8-12(15)10-5-3-2-4-6-10/h2-7,12H,8,15H2,1H3. The SMILES string of the molecule is Cc1ncc(Br)c(=O)n1CC(N)c1ccccc1. The van der Waals surface area contributed by atoms with Crippen LogP contribution in [0, 0.1) is 6.92 Å². The van der Waals surface area contributed by atoms with Crippen LogP contribution in [0.3, 0.4) is 0 Å². The number of benzene rings is 1. The summed E-state index contributed by atoms with van der Waals surface area (Å²) in [6.07, 6.45) is 1.52. The van der Waals surface area contributed by atoms with Gasteiger partial charge in [-0.25, -0.2) is 4.98 Å². The molecule has 1 heterocycles. The molecule has 0 radical (unpaired) electrons. The molecule has 1 aromatic heterocycles. The maximum absolute atomic E-state index is 12.0. The summed E-state index contributed by atoms with van der Waals surface area (Å²) >= 11 is 3.19. The third-order valence-corrected chi connectivity index (χ3v) is 3.36. The second kappa shape index (κ2) is 5.46. The van der Waals surface area contributed by atoms with Gasteiger partial charge >= 0.3 is 0 Å². The Bertz CT molecular complexity index is 595. The summed E-state index contributed by atoms with van der Waals surface area (Å²) in [6.45, 7) is 2.21. The molecule has 0 saturated heterocycles. The minimum Gasteiger partial charge on any atom is -0.322 e. The summed E-state index contributed by atoms with van der Waals surface area (Å²) in [5.74, 6) is 0.662. The number of rotatable bonds is 3. The Morgan fingerprint density at radius 2 is 2.06 bits per heavy atom. The van der Waals surface area contributed by atoms with E-state index in [9.17, 15) is 4.79 Å². The van der Waals surface area contributed by atoms with Crippen molar-refractivity contribution >= 4 is 15.9 Å². The number of hydrogen-bond donors (Lipinski definition) is 1. The molecular weight excluding hydrogens is 294 g/mol. The molecule has 18 heavy (non-hydrogen) atoms. The van der Waals surface area contributed by atoms with Crippen LogP contribution in [0.1, 0.15) is 17.4 Å². The maximum atomic E-state index is 12.0. The quantitative estimate of drug-likeness (QED) is 0.943. The average molecular weight is 308 g/mol. The highest BCUT2D eigenvalue weighted by Crippen LogP contribution is 2.12. The van der Waals surface area contributed by atoms with Crippen molar-refractivity contribution in [3.05, 3.63) is 62.7 Å². The molecule has 0 spiro atoms. The normalized spacial score (nSPS) is 12.4. The smallest absolute Gasteiger partial charge is 0.267 e. The van der Waals surface area contributed by atoms with Gasteiger partial charge < -0.3 is 5.73 Å². The number of nitrogens with two attached hydrogens (primary N) is 1. The molecule has 0 aliphatic rings. The Labute approximate surface area is 114 Å². The van der Waals surface area contributed by atoms with Crippen LogP contribution in [-0.2, 0) is 6.54 Å². The molecule has 2 N–H and O–H groups in total. The lowest BCUT2D eigenvalue weighted by atomic mass is 10.1. The van der Waals surface area contributed by atoms with Crippen LogP contribution in [0.25, 0.3) is 0 Å². The molecular formula is C13H14BrN3O. The lowest BCUT2D eigenvalue weighted by molar-refractivity contribution is 0.538. The van der Waals surface area contributed by atoms with E-state index in [2.05, 4.69) is 20.9 Å². The second-order valence-electron chi connectivity index (χ2n) is 4.09. The summed E-state index contributed by atoms with van der Waals surface area (Å²) in [7, 11) is 0. The molecule has 0 bridgehead atoms. The first-order valence-electron chi connectivity index (χ1n) is 5.62. The van der Waals surface area contributed by atoms with Gasteiger partial charge in [-0.3, -0.25) is 9.36 Å². The number of aromatic nitrogens is 2. The molecule has 0 saturated carbocycles. The molecule has 94 valence electrons. The van der Waals surface area contributed by atoms with Crippen molar-refractivity contribution < 1.29 is 0 Å². The highest BCUT2D eigenvalue weighted by Gasteiger charge is 2.11. The predicted octanol–water partition coefficient (Wildman–Crippen LogP) is 2.01. The first-order valence-corrected chi connectivity index (χ1v) is 6.41. The number of nitrogens with zero attached hydrogens (tertiary/aromatic N) is 2. The van der Waals surface area contributed by atoms with Gasteiger partial charge in [-0.05, 0) is 28.4 Å². The van der Waals surface area contributed by atoms with E-state index in [1.165, 1.54) is 6.20 Å². The highest BCUT2D eigenvalue weighted by molar-refractivity contribution is 9.10. The van der Waals surface area contributed by atoms with Crippen LogP contribution in [0.4, 0.5) is 0 Å². The zero-order chi connectivity index (χ0) is 13.1. The van der Waals surface area contributed by atoms with Gasteiger partial charge in [0.25, 0.3) is 5.56 Å². The van der Waals surface area contributed by atoms with E-state index in [4.69, 9.17) is 5.73 Å². The van der Waals surface area contributed by atoms with Crippen molar-refractivity contribution in [1.29, 1.82) is 0 Å². The molecule has 1 aromatic carbocycles. The fourth-order valence-electron chi connectivity index (χ4n) is 1.77. The Kier molecular flexibility index (Phi) is 3.93. The van der Waals surface area contributed by atoms with Gasteiger partial charge in [0, 0.05) is 18.8 Å². The fraction of sp³-hybridized carbons (Fsp3) is 0.231. The van der Waals surface area contributed by atoms with Gasteiger partial charge in [0.05, 0.1) is 0 Å². The van der Waals surface area contributed by atoms with Crippen molar-refractivity contribution in [3.8, 4) is 0 Å². The molecule has 2 aromatic rings. The second-order valence-corrected chi connectivity index (χ2v) is 4.94. The van der Waals surface area contributed by atoms with Crippen LogP contribution < -0.4 is 11.3 Å². The van der Waals surface area contributed by atoms with Gasteiger partial charge in [0.1, 0.15) is 10.3 Å². The van der Waals surface area contributed by atoms with Gasteiger partial charge in [-0.1, -0.05) is 30.3 Å². The molecule has 4 nitrogen and oxygen atoms in total. The van der Waals surface area contributed by atoms with Crippen molar-refractivity contribution in [2.24, 2.45) is 5.73 Å². The van der Waals surface area contributed by atoms with E-state index in [1.54, 1.807) is 11.5 Å². The van der Waals surface area contributed by atoms with Gasteiger partial charge in [0.15, 0.2) is 0 Å². The minimum atomic E-state index is -0.223. The molecule has 0 fully saturated rings. The lowest BCUT2D eigenvalue weighted by Gasteiger charge is -2.15. The first-order chi connectivity index (χ1) is 8.59. The van der Waals surface area contributed by atoms with Crippen LogP contribution in [0.5, 0.6) is 0 Å². The Hall–Kier alpha value is -1.46. The minimum absolute atomic E-state index is 0.103. The molecule has 2 rings (SSSR count). The van der Waals surface area contributed by atoms with Crippen molar-refractivity contribution in [1.82, 2.24) is 9.55 Å². The zero-order valence-electron chi connectivity index (χ0n) is 10.0. The van der Waals surface area contributed by atoms with Crippen molar-refractivity contribution in [2.75, 3.05) is 0 Å². The summed E-state index contributed by atoms with van der Waals surface area (Å²) < 4.78 is 2.04. The Balaban J connectivity index is 2.30. The zero-order valence-corrected chi connectivity index (χ0v) is 11.6. The topological polar surface area (TPSA) is 60.9 Å². The van der Waals surface area contributed by atoms with Gasteiger partial charge in [0.2, 0.25) is 0 Å². The molecule has 1 unspecified atom stereocenters. The summed E-state index contributed by atoms with van der Waals surface area (Å²) in [5, 5.41) is 0. The molecule has 5 heteroatoms. The molecule has 0 aliphatic heterocycles. The molecule has 0 amide bonds. The molecule has 0 aliphatic carbocycles. The largest absolute Gasteiger partial charge is 0.322 e. The maximum Gasteiger partial charge on any atom is 0.267 e. The number of hydrogen-bond acceptors (Lipinski definition) is 3. The van der Waals surface area contributed by atoms with E-state index >= 15 is 0 Å². The lowest BCUT2D eigenvalue weighted by Crippen LogP contribution is -2.29. The summed E-state index contributed by atoms with van der Waals surface area (Å²) in [4.78, 5) is 16.1. The predicted molar refractivity (Wildman–Crippen MR) is 74.3 cm³/mol. The molecule has 1 atom stereocenters. The van der Waals surface area contributed by atoms with Crippen LogP contribution >= 0.6 is 15.9 Å². The van der Waals surface area contributed by atoms with E-state index < -0.39 is 0 Å². The van der Waals surface area contributed by atoms with E-state index in [1.807, 2.05) is 30.3 Å². The van der Waals surface area contributed by atoms with Crippen molar-refractivity contribution in [2.45, 2.75) is 19.5 Å². The summed E-state index contributed by atoms with van der Waals surface area (Å²) in [6, 6.07) is 9.49. The monoisotopic (exact) mass is 307 g/mol. The van der Waals surface area contributed by atoms with Crippen molar-refractivity contribution in [3.63, 3.8) is 0 Å². The Morgan fingerprint density at radius 1 is 1.39 bits per heavy atom. The third kappa shape index (κ3) is 2.68.